The highest BCUT2D eigenvalue weighted by atomic mass is 19.3. The Hall–Kier alpha value is -2.24. The van der Waals surface area contributed by atoms with Crippen molar-refractivity contribution in [2.24, 2.45) is 0 Å². The number of rotatable bonds is 6. The number of ether oxygens (including phenoxy) is 1. The highest BCUT2D eigenvalue weighted by molar-refractivity contribution is 5.88. The normalized spacial score (nSPS) is 14.1. The summed E-state index contributed by atoms with van der Waals surface area (Å²) in [4.78, 5) is 22.7. The SMILES string of the molecule is C=C(C)C(=O)OC(CC)(c1ccccc1)C(F)(F)C(=O)O. The molecule has 0 aliphatic rings. The Kier molecular flexibility index (Phi) is 4.83. The van der Waals surface area contributed by atoms with Gasteiger partial charge in [-0.3, -0.25) is 0 Å². The molecule has 1 unspecified atom stereocenters. The van der Waals surface area contributed by atoms with Gasteiger partial charge >= 0.3 is 17.9 Å². The van der Waals surface area contributed by atoms with Crippen molar-refractivity contribution < 1.29 is 28.2 Å². The first-order chi connectivity index (χ1) is 9.69. The van der Waals surface area contributed by atoms with E-state index in [1.165, 1.54) is 38.1 Å². The lowest BCUT2D eigenvalue weighted by Crippen LogP contribution is -2.53. The maximum absolute atomic E-state index is 14.3. The van der Waals surface area contributed by atoms with Crippen LogP contribution in [0.15, 0.2) is 42.5 Å². The number of aliphatic carboxylic acids is 1. The standard InChI is InChI=1S/C15H16F2O4/c1-4-14(15(16,17)13(19)20,21-12(18)10(2)3)11-8-6-5-7-9-11/h5-9H,2,4H2,1,3H3,(H,19,20). The maximum atomic E-state index is 14.3. The monoisotopic (exact) mass is 298 g/mol. The fourth-order valence-corrected chi connectivity index (χ4v) is 1.93. The van der Waals surface area contributed by atoms with E-state index in [-0.39, 0.29) is 11.1 Å². The van der Waals surface area contributed by atoms with E-state index in [1.807, 2.05) is 0 Å². The Morgan fingerprint density at radius 2 is 1.81 bits per heavy atom. The Morgan fingerprint density at radius 3 is 2.19 bits per heavy atom. The smallest absolute Gasteiger partial charge is 0.385 e. The predicted octanol–water partition coefficient (Wildman–Crippen LogP) is 3.13. The van der Waals surface area contributed by atoms with Crippen molar-refractivity contribution in [2.45, 2.75) is 31.8 Å². The molecule has 0 bridgehead atoms. The van der Waals surface area contributed by atoms with Gasteiger partial charge < -0.3 is 9.84 Å². The first-order valence-electron chi connectivity index (χ1n) is 6.24. The molecule has 0 amide bonds. The summed E-state index contributed by atoms with van der Waals surface area (Å²) in [5.41, 5.74) is -2.77. The number of halogens is 2. The minimum Gasteiger partial charge on any atom is -0.477 e. The fraction of sp³-hybridized carbons (Fsp3) is 0.333. The quantitative estimate of drug-likeness (QED) is 0.647. The van der Waals surface area contributed by atoms with Gasteiger partial charge in [-0.15, -0.1) is 0 Å². The molecule has 0 aliphatic carbocycles. The maximum Gasteiger partial charge on any atom is 0.385 e. The summed E-state index contributed by atoms with van der Waals surface area (Å²) in [6.07, 6.45) is -0.407. The number of carbonyl (C=O) groups is 2. The van der Waals surface area contributed by atoms with Crippen LogP contribution in [0, 0.1) is 0 Å². The van der Waals surface area contributed by atoms with E-state index in [1.54, 1.807) is 6.07 Å². The summed E-state index contributed by atoms with van der Waals surface area (Å²) >= 11 is 0. The van der Waals surface area contributed by atoms with Gasteiger partial charge in [0.05, 0.1) is 0 Å². The van der Waals surface area contributed by atoms with E-state index in [0.29, 0.717) is 0 Å². The highest BCUT2D eigenvalue weighted by Crippen LogP contribution is 2.44. The Morgan fingerprint density at radius 1 is 1.29 bits per heavy atom. The van der Waals surface area contributed by atoms with Crippen molar-refractivity contribution in [3.8, 4) is 0 Å². The Balaban J connectivity index is 3.50. The minimum atomic E-state index is -4.28. The van der Waals surface area contributed by atoms with Crippen molar-refractivity contribution in [3.63, 3.8) is 0 Å². The van der Waals surface area contributed by atoms with E-state index in [2.05, 4.69) is 6.58 Å². The third-order valence-corrected chi connectivity index (χ3v) is 3.13. The lowest BCUT2D eigenvalue weighted by molar-refractivity contribution is -0.226. The summed E-state index contributed by atoms with van der Waals surface area (Å²) in [7, 11) is 0. The molecule has 1 rings (SSSR count). The second-order valence-corrected chi connectivity index (χ2v) is 4.60. The summed E-state index contributed by atoms with van der Waals surface area (Å²) in [5, 5.41) is 8.86. The highest BCUT2D eigenvalue weighted by Gasteiger charge is 2.62. The molecule has 6 heteroatoms. The van der Waals surface area contributed by atoms with E-state index in [4.69, 9.17) is 9.84 Å². The van der Waals surface area contributed by atoms with Crippen molar-refractivity contribution in [1.29, 1.82) is 0 Å². The average molecular weight is 298 g/mol. The van der Waals surface area contributed by atoms with Gasteiger partial charge in [0, 0.05) is 11.1 Å². The molecule has 0 saturated heterocycles. The lowest BCUT2D eigenvalue weighted by atomic mass is 9.84. The molecule has 0 saturated carbocycles. The van der Waals surface area contributed by atoms with E-state index in [0.717, 1.165) is 0 Å². The van der Waals surface area contributed by atoms with Crippen molar-refractivity contribution in [1.82, 2.24) is 0 Å². The van der Waals surface area contributed by atoms with Gasteiger partial charge in [-0.05, 0) is 13.3 Å². The van der Waals surface area contributed by atoms with Crippen LogP contribution in [0.3, 0.4) is 0 Å². The number of carboxylic acid groups (broad SMARTS) is 1. The number of carbonyl (C=O) groups excluding carboxylic acids is 1. The molecule has 114 valence electrons. The molecule has 0 radical (unpaired) electrons. The lowest BCUT2D eigenvalue weighted by Gasteiger charge is -2.37. The molecule has 4 nitrogen and oxygen atoms in total. The number of esters is 1. The van der Waals surface area contributed by atoms with Crippen LogP contribution in [0.4, 0.5) is 8.78 Å². The van der Waals surface area contributed by atoms with Crippen LogP contribution in [0.2, 0.25) is 0 Å². The van der Waals surface area contributed by atoms with Gasteiger partial charge in [0.15, 0.2) is 0 Å². The van der Waals surface area contributed by atoms with Crippen molar-refractivity contribution in [3.05, 3.63) is 48.0 Å². The zero-order valence-corrected chi connectivity index (χ0v) is 11.7. The van der Waals surface area contributed by atoms with E-state index >= 15 is 0 Å². The van der Waals surface area contributed by atoms with Crippen LogP contribution in [-0.4, -0.2) is 23.0 Å². The molecular weight excluding hydrogens is 282 g/mol. The van der Waals surface area contributed by atoms with Crippen LogP contribution in [0.1, 0.15) is 25.8 Å². The molecule has 1 aromatic carbocycles. The van der Waals surface area contributed by atoms with Gasteiger partial charge in [0.25, 0.3) is 0 Å². The zero-order chi connectivity index (χ0) is 16.3. The Bertz CT molecular complexity index is 554. The van der Waals surface area contributed by atoms with Gasteiger partial charge in [0.2, 0.25) is 5.60 Å². The summed E-state index contributed by atoms with van der Waals surface area (Å²) < 4.78 is 33.4. The summed E-state index contributed by atoms with van der Waals surface area (Å²) in [6.45, 7) is 5.95. The second-order valence-electron chi connectivity index (χ2n) is 4.60. The third kappa shape index (κ3) is 2.94. The number of hydrogen-bond acceptors (Lipinski definition) is 3. The summed E-state index contributed by atoms with van der Waals surface area (Å²) in [5.74, 6) is -7.71. The molecule has 1 aromatic rings. The molecule has 1 atom stereocenters. The largest absolute Gasteiger partial charge is 0.477 e. The molecule has 0 heterocycles. The van der Waals surface area contributed by atoms with Gasteiger partial charge in [-0.25, -0.2) is 9.59 Å². The van der Waals surface area contributed by atoms with Gasteiger partial charge in [-0.2, -0.15) is 8.78 Å². The minimum absolute atomic E-state index is 0.0884. The molecular formula is C15H16F2O4. The molecule has 0 fully saturated rings. The van der Waals surface area contributed by atoms with Crippen LogP contribution in [0.5, 0.6) is 0 Å². The zero-order valence-electron chi connectivity index (χ0n) is 11.7. The number of hydrogen-bond donors (Lipinski definition) is 1. The van der Waals surface area contributed by atoms with Crippen LogP contribution < -0.4 is 0 Å². The topological polar surface area (TPSA) is 63.6 Å². The van der Waals surface area contributed by atoms with E-state index in [9.17, 15) is 18.4 Å². The molecule has 0 spiro atoms. The third-order valence-electron chi connectivity index (χ3n) is 3.13. The first-order valence-corrected chi connectivity index (χ1v) is 6.24. The number of alkyl halides is 2. The fourth-order valence-electron chi connectivity index (χ4n) is 1.93. The first kappa shape index (κ1) is 16.8. The number of carboxylic acids is 1. The van der Waals surface area contributed by atoms with Crippen molar-refractivity contribution >= 4 is 11.9 Å². The van der Waals surface area contributed by atoms with Crippen LogP contribution in [-0.2, 0) is 19.9 Å². The average Bonchev–Trinajstić information content (AvgIpc) is 2.44. The second kappa shape index (κ2) is 6.03. The summed E-state index contributed by atoms with van der Waals surface area (Å²) in [6, 6.07) is 7.11. The van der Waals surface area contributed by atoms with Crippen LogP contribution >= 0.6 is 0 Å². The Labute approximate surface area is 121 Å². The predicted molar refractivity (Wildman–Crippen MR) is 71.9 cm³/mol. The molecule has 21 heavy (non-hydrogen) atoms. The van der Waals surface area contributed by atoms with Gasteiger partial charge in [0.1, 0.15) is 0 Å². The van der Waals surface area contributed by atoms with Gasteiger partial charge in [-0.1, -0.05) is 43.8 Å². The number of benzene rings is 1. The van der Waals surface area contributed by atoms with Crippen LogP contribution in [0.25, 0.3) is 0 Å². The molecule has 0 aliphatic heterocycles. The molecule has 0 aromatic heterocycles. The molecule has 1 N–H and O–H groups in total. The van der Waals surface area contributed by atoms with Crippen molar-refractivity contribution in [2.75, 3.05) is 0 Å². The van der Waals surface area contributed by atoms with E-state index < -0.39 is 29.9 Å².